The second-order valence-electron chi connectivity index (χ2n) is 3.84. The van der Waals surface area contributed by atoms with Gasteiger partial charge in [-0.3, -0.25) is 0 Å². The van der Waals surface area contributed by atoms with Gasteiger partial charge in [0.25, 0.3) is 0 Å². The van der Waals surface area contributed by atoms with Gasteiger partial charge in [0.1, 0.15) is 0 Å². The lowest BCUT2D eigenvalue weighted by molar-refractivity contribution is 1.12. The first-order valence-electron chi connectivity index (χ1n) is 6.02. The molecule has 0 fully saturated rings. The molecule has 0 aliphatic rings. The largest absolute Gasteiger partial charge is 0.402 e. The fourth-order valence-corrected chi connectivity index (χ4v) is 1.37. The van der Waals surface area contributed by atoms with Crippen molar-refractivity contribution in [1.82, 2.24) is 0 Å². The summed E-state index contributed by atoms with van der Waals surface area (Å²) in [5.41, 5.74) is 8.79. The highest BCUT2D eigenvalue weighted by molar-refractivity contribution is 5.36. The van der Waals surface area contributed by atoms with Gasteiger partial charge in [-0.2, -0.15) is 0 Å². The fraction of sp³-hybridized carbons (Fsp3) is 0.176. The molecule has 0 aromatic carbocycles. The van der Waals surface area contributed by atoms with Crippen molar-refractivity contribution in [2.75, 3.05) is 0 Å². The molecule has 0 aliphatic carbocycles. The number of hydrogen-bond acceptors (Lipinski definition) is 1. The summed E-state index contributed by atoms with van der Waals surface area (Å²) in [5, 5.41) is 0. The van der Waals surface area contributed by atoms with Crippen LogP contribution in [-0.4, -0.2) is 0 Å². The van der Waals surface area contributed by atoms with Gasteiger partial charge in [-0.05, 0) is 31.1 Å². The van der Waals surface area contributed by atoms with Gasteiger partial charge in [-0.15, -0.1) is 0 Å². The normalized spacial score (nSPS) is 13.9. The zero-order valence-electron chi connectivity index (χ0n) is 11.4. The Morgan fingerprint density at radius 1 is 1.11 bits per heavy atom. The van der Waals surface area contributed by atoms with Crippen LogP contribution in [-0.2, 0) is 0 Å². The Balaban J connectivity index is 4.63. The highest BCUT2D eigenvalue weighted by Gasteiger charge is 1.94. The molecule has 0 heterocycles. The molecule has 2 N–H and O–H groups in total. The van der Waals surface area contributed by atoms with Crippen LogP contribution in [0.1, 0.15) is 20.3 Å². The van der Waals surface area contributed by atoms with Crippen molar-refractivity contribution in [2.45, 2.75) is 20.3 Å². The third kappa shape index (κ3) is 8.17. The van der Waals surface area contributed by atoms with Crippen molar-refractivity contribution in [3.63, 3.8) is 0 Å². The topological polar surface area (TPSA) is 26.0 Å². The Hall–Kier alpha value is -2.02. The minimum Gasteiger partial charge on any atom is -0.402 e. The molecular weight excluding hydrogens is 218 g/mol. The van der Waals surface area contributed by atoms with E-state index in [1.807, 2.05) is 62.5 Å². The van der Waals surface area contributed by atoms with E-state index in [-0.39, 0.29) is 0 Å². The monoisotopic (exact) mass is 241 g/mol. The molecule has 0 aromatic heterocycles. The second kappa shape index (κ2) is 10.2. The van der Waals surface area contributed by atoms with Gasteiger partial charge in [-0.25, -0.2) is 0 Å². The maximum Gasteiger partial charge on any atom is 0.0131 e. The van der Waals surface area contributed by atoms with Gasteiger partial charge in [0.15, 0.2) is 0 Å². The lowest BCUT2D eigenvalue weighted by atomic mass is 10.1. The van der Waals surface area contributed by atoms with Crippen LogP contribution in [0.25, 0.3) is 0 Å². The summed E-state index contributed by atoms with van der Waals surface area (Å²) in [6.07, 6.45) is 18.1. The predicted molar refractivity (Wildman–Crippen MR) is 83.1 cm³/mol. The van der Waals surface area contributed by atoms with Gasteiger partial charge < -0.3 is 5.73 Å². The maximum atomic E-state index is 5.98. The van der Waals surface area contributed by atoms with E-state index in [9.17, 15) is 0 Å². The zero-order valence-corrected chi connectivity index (χ0v) is 11.4. The lowest BCUT2D eigenvalue weighted by Crippen LogP contribution is -1.98. The quantitative estimate of drug-likeness (QED) is 0.648. The van der Waals surface area contributed by atoms with Crippen LogP contribution >= 0.6 is 0 Å². The minimum absolute atomic E-state index is 0.667. The van der Waals surface area contributed by atoms with E-state index in [1.54, 1.807) is 6.08 Å². The molecule has 0 aromatic rings. The van der Waals surface area contributed by atoms with Gasteiger partial charge in [-0.1, -0.05) is 61.8 Å². The van der Waals surface area contributed by atoms with Crippen LogP contribution in [0.2, 0.25) is 0 Å². The molecule has 0 spiro atoms. The Morgan fingerprint density at radius 2 is 1.83 bits per heavy atom. The first-order chi connectivity index (χ1) is 8.63. The smallest absolute Gasteiger partial charge is 0.0131 e. The zero-order chi connectivity index (χ0) is 13.8. The summed E-state index contributed by atoms with van der Waals surface area (Å²) in [5.74, 6) is 0. The molecule has 0 bridgehead atoms. The average Bonchev–Trinajstić information content (AvgIpc) is 2.29. The average molecular weight is 241 g/mol. The van der Waals surface area contributed by atoms with Crippen molar-refractivity contribution < 1.29 is 0 Å². The number of nitrogens with two attached hydrogens (primary N) is 1. The van der Waals surface area contributed by atoms with Crippen molar-refractivity contribution in [3.05, 3.63) is 84.7 Å². The van der Waals surface area contributed by atoms with Gasteiger partial charge in [0.05, 0.1) is 0 Å². The highest BCUT2D eigenvalue weighted by atomic mass is 14.6. The number of hydrogen-bond donors (Lipinski definition) is 1. The van der Waals surface area contributed by atoms with E-state index in [0.717, 1.165) is 16.8 Å². The van der Waals surface area contributed by atoms with E-state index < -0.39 is 0 Å². The molecule has 0 amide bonds. The van der Waals surface area contributed by atoms with E-state index in [2.05, 4.69) is 13.2 Å². The second-order valence-corrected chi connectivity index (χ2v) is 3.84. The van der Waals surface area contributed by atoms with Crippen molar-refractivity contribution in [2.24, 2.45) is 5.73 Å². The summed E-state index contributed by atoms with van der Waals surface area (Å²) in [6.45, 7) is 11.6. The number of rotatable bonds is 7. The van der Waals surface area contributed by atoms with Gasteiger partial charge in [0.2, 0.25) is 0 Å². The third-order valence-electron chi connectivity index (χ3n) is 2.09. The first-order valence-corrected chi connectivity index (χ1v) is 6.02. The Labute approximate surface area is 111 Å². The molecule has 0 atom stereocenters. The standard InChI is InChI=1S/C17H23N/c1-5-8-9-12-15(4)13-17(18)14-16(10-6-2)11-7-3/h5-12,14H,2,4,13,18H2,1,3H3/b8-5-,11-7-,12-9-,16-10+,17-14-. The first kappa shape index (κ1) is 16.0. The Kier molecular flexibility index (Phi) is 9.01. The summed E-state index contributed by atoms with van der Waals surface area (Å²) in [7, 11) is 0. The van der Waals surface area contributed by atoms with Crippen molar-refractivity contribution in [1.29, 1.82) is 0 Å². The van der Waals surface area contributed by atoms with Crippen molar-refractivity contribution in [3.8, 4) is 0 Å². The van der Waals surface area contributed by atoms with Gasteiger partial charge >= 0.3 is 0 Å². The number of allylic oxidation sites excluding steroid dienone is 11. The fourth-order valence-electron chi connectivity index (χ4n) is 1.37. The minimum atomic E-state index is 0.667. The third-order valence-corrected chi connectivity index (χ3v) is 2.09. The van der Waals surface area contributed by atoms with Crippen LogP contribution in [0, 0.1) is 0 Å². The lowest BCUT2D eigenvalue weighted by Gasteiger charge is -2.02. The van der Waals surface area contributed by atoms with Gasteiger partial charge in [0, 0.05) is 12.1 Å². The molecule has 1 nitrogen and oxygen atoms in total. The van der Waals surface area contributed by atoms with E-state index in [1.165, 1.54) is 0 Å². The molecule has 96 valence electrons. The molecule has 1 heteroatoms. The Bertz CT molecular complexity index is 415. The maximum absolute atomic E-state index is 5.98. The molecule has 0 saturated heterocycles. The van der Waals surface area contributed by atoms with Crippen LogP contribution < -0.4 is 5.73 Å². The van der Waals surface area contributed by atoms with Crippen LogP contribution in [0.4, 0.5) is 0 Å². The molecule has 18 heavy (non-hydrogen) atoms. The summed E-state index contributed by atoms with van der Waals surface area (Å²) >= 11 is 0. The van der Waals surface area contributed by atoms with E-state index in [0.29, 0.717) is 6.42 Å². The van der Waals surface area contributed by atoms with Crippen LogP contribution in [0.5, 0.6) is 0 Å². The summed E-state index contributed by atoms with van der Waals surface area (Å²) in [4.78, 5) is 0. The van der Waals surface area contributed by atoms with Crippen molar-refractivity contribution >= 4 is 0 Å². The highest BCUT2D eigenvalue weighted by Crippen LogP contribution is 2.10. The summed E-state index contributed by atoms with van der Waals surface area (Å²) < 4.78 is 0. The van der Waals surface area contributed by atoms with Crippen LogP contribution in [0.15, 0.2) is 84.7 Å². The Morgan fingerprint density at radius 3 is 2.39 bits per heavy atom. The molecular formula is C17H23N. The molecule has 0 aliphatic heterocycles. The molecule has 0 rings (SSSR count). The van der Waals surface area contributed by atoms with Crippen LogP contribution in [0.3, 0.4) is 0 Å². The summed E-state index contributed by atoms with van der Waals surface area (Å²) in [6, 6.07) is 0. The SMILES string of the molecule is C=C/C=C(\C=C/C)/C=C(\N)CC(=C)/C=C\C=C/C. The van der Waals surface area contributed by atoms with E-state index in [4.69, 9.17) is 5.73 Å². The van der Waals surface area contributed by atoms with E-state index >= 15 is 0 Å². The molecule has 0 unspecified atom stereocenters. The predicted octanol–water partition coefficient (Wildman–Crippen LogP) is 4.60. The molecule has 0 radical (unpaired) electrons. The molecule has 0 saturated carbocycles.